The molecule has 0 aliphatic carbocycles. The third kappa shape index (κ3) is 3.71. The molecule has 0 unspecified atom stereocenters. The molecule has 2 rings (SSSR count). The van der Waals surface area contributed by atoms with Gasteiger partial charge in [-0.3, -0.25) is 4.79 Å². The smallest absolute Gasteiger partial charge is 0.262 e. The summed E-state index contributed by atoms with van der Waals surface area (Å²) in [6.45, 7) is 1.58. The second-order valence-electron chi connectivity index (χ2n) is 4.23. The molecule has 0 radical (unpaired) electrons. The summed E-state index contributed by atoms with van der Waals surface area (Å²) < 4.78 is 18.4. The van der Waals surface area contributed by atoms with Crippen molar-refractivity contribution in [2.24, 2.45) is 0 Å². The molecule has 1 N–H and O–H groups in total. The van der Waals surface area contributed by atoms with E-state index in [0.717, 1.165) is 5.56 Å². The maximum absolute atomic E-state index is 13.3. The quantitative estimate of drug-likeness (QED) is 0.931. The second kappa shape index (κ2) is 6.39. The molecule has 2 aromatic rings. The number of para-hydroxylation sites is 1. The van der Waals surface area contributed by atoms with Gasteiger partial charge >= 0.3 is 0 Å². The van der Waals surface area contributed by atoms with Crippen LogP contribution < -0.4 is 10.1 Å². The topological polar surface area (TPSA) is 38.3 Å². The molecule has 0 atom stereocenters. The van der Waals surface area contributed by atoms with Gasteiger partial charge in [-0.1, -0.05) is 29.8 Å². The monoisotopic (exact) mass is 293 g/mol. The summed E-state index contributed by atoms with van der Waals surface area (Å²) in [5.41, 5.74) is 1.49. The molecular formula is C15H13ClFNO2. The van der Waals surface area contributed by atoms with E-state index < -0.39 is 5.82 Å². The summed E-state index contributed by atoms with van der Waals surface area (Å²) in [6, 6.07) is 11.1. The fourth-order valence-electron chi connectivity index (χ4n) is 1.62. The zero-order valence-electron chi connectivity index (χ0n) is 10.8. The van der Waals surface area contributed by atoms with E-state index in [1.807, 2.05) is 6.92 Å². The third-order valence-electron chi connectivity index (χ3n) is 2.67. The lowest BCUT2D eigenvalue weighted by molar-refractivity contribution is -0.118. The summed E-state index contributed by atoms with van der Waals surface area (Å²) >= 11 is 5.86. The Morgan fingerprint density at radius 1 is 1.30 bits per heavy atom. The van der Waals surface area contributed by atoms with Crippen LogP contribution >= 0.6 is 11.6 Å². The van der Waals surface area contributed by atoms with Crippen LogP contribution in [0.3, 0.4) is 0 Å². The van der Waals surface area contributed by atoms with E-state index in [1.54, 1.807) is 30.3 Å². The molecule has 2 aromatic carbocycles. The molecule has 0 spiro atoms. The van der Waals surface area contributed by atoms with Crippen LogP contribution in [0.5, 0.6) is 5.75 Å². The highest BCUT2D eigenvalue weighted by Gasteiger charge is 2.08. The zero-order valence-corrected chi connectivity index (χ0v) is 11.6. The Morgan fingerprint density at radius 3 is 2.80 bits per heavy atom. The predicted molar refractivity (Wildman–Crippen MR) is 76.7 cm³/mol. The van der Waals surface area contributed by atoms with Crippen LogP contribution in [0.15, 0.2) is 42.5 Å². The van der Waals surface area contributed by atoms with Gasteiger partial charge in [0.2, 0.25) is 0 Å². The van der Waals surface area contributed by atoms with Crippen LogP contribution in [-0.4, -0.2) is 12.5 Å². The van der Waals surface area contributed by atoms with Gasteiger partial charge in [-0.2, -0.15) is 0 Å². The standard InChI is InChI=1S/C15H13ClFNO2/c1-10-6-7-11(16)8-13(10)18-15(19)9-20-14-5-3-2-4-12(14)17/h2-8H,9H2,1H3,(H,18,19). The summed E-state index contributed by atoms with van der Waals surface area (Å²) in [5.74, 6) is -0.830. The van der Waals surface area contributed by atoms with E-state index in [-0.39, 0.29) is 18.3 Å². The highest BCUT2D eigenvalue weighted by atomic mass is 35.5. The molecule has 20 heavy (non-hydrogen) atoms. The van der Waals surface area contributed by atoms with Gasteiger partial charge in [0.15, 0.2) is 18.2 Å². The first-order valence-corrected chi connectivity index (χ1v) is 6.37. The Kier molecular flexibility index (Phi) is 4.58. The number of hydrogen-bond donors (Lipinski definition) is 1. The maximum Gasteiger partial charge on any atom is 0.262 e. The van der Waals surface area contributed by atoms with Crippen molar-refractivity contribution in [2.45, 2.75) is 6.92 Å². The Balaban J connectivity index is 1.96. The van der Waals surface area contributed by atoms with Gasteiger partial charge < -0.3 is 10.1 Å². The van der Waals surface area contributed by atoms with Crippen LogP contribution in [0, 0.1) is 12.7 Å². The van der Waals surface area contributed by atoms with Gasteiger partial charge in [-0.05, 0) is 36.8 Å². The van der Waals surface area contributed by atoms with Crippen molar-refractivity contribution in [1.82, 2.24) is 0 Å². The van der Waals surface area contributed by atoms with Gasteiger partial charge in [0.05, 0.1) is 0 Å². The first-order valence-electron chi connectivity index (χ1n) is 5.99. The fraction of sp³-hybridized carbons (Fsp3) is 0.133. The number of anilines is 1. The number of carbonyl (C=O) groups excluding carboxylic acids is 1. The number of aryl methyl sites for hydroxylation is 1. The van der Waals surface area contributed by atoms with Gasteiger partial charge in [-0.15, -0.1) is 0 Å². The van der Waals surface area contributed by atoms with Gasteiger partial charge in [0, 0.05) is 10.7 Å². The van der Waals surface area contributed by atoms with Gasteiger partial charge in [-0.25, -0.2) is 4.39 Å². The Hall–Kier alpha value is -2.07. The number of nitrogens with one attached hydrogen (secondary N) is 1. The van der Waals surface area contributed by atoms with E-state index in [4.69, 9.17) is 16.3 Å². The largest absolute Gasteiger partial charge is 0.481 e. The average molecular weight is 294 g/mol. The highest BCUT2D eigenvalue weighted by Crippen LogP contribution is 2.20. The molecule has 3 nitrogen and oxygen atoms in total. The lowest BCUT2D eigenvalue weighted by atomic mass is 10.2. The summed E-state index contributed by atoms with van der Waals surface area (Å²) in [7, 11) is 0. The molecule has 0 saturated heterocycles. The van der Waals surface area contributed by atoms with E-state index in [9.17, 15) is 9.18 Å². The highest BCUT2D eigenvalue weighted by molar-refractivity contribution is 6.31. The molecule has 0 aliphatic heterocycles. The van der Waals surface area contributed by atoms with Crippen molar-refractivity contribution >= 4 is 23.2 Å². The SMILES string of the molecule is Cc1ccc(Cl)cc1NC(=O)COc1ccccc1F. The molecule has 1 amide bonds. The number of benzene rings is 2. The minimum absolute atomic E-state index is 0.0467. The van der Waals surface area contributed by atoms with Crippen LogP contribution in [0.2, 0.25) is 5.02 Å². The molecule has 104 valence electrons. The van der Waals surface area contributed by atoms with Crippen molar-refractivity contribution in [3.05, 3.63) is 58.9 Å². The Morgan fingerprint density at radius 2 is 2.05 bits per heavy atom. The lowest BCUT2D eigenvalue weighted by Gasteiger charge is -2.10. The van der Waals surface area contributed by atoms with Crippen molar-refractivity contribution in [2.75, 3.05) is 11.9 Å². The van der Waals surface area contributed by atoms with E-state index in [0.29, 0.717) is 10.7 Å². The molecule has 0 fully saturated rings. The lowest BCUT2D eigenvalue weighted by Crippen LogP contribution is -2.20. The summed E-state index contributed by atoms with van der Waals surface area (Å²) in [6.07, 6.45) is 0. The van der Waals surface area contributed by atoms with E-state index >= 15 is 0 Å². The second-order valence-corrected chi connectivity index (χ2v) is 4.66. The first kappa shape index (κ1) is 14.3. The zero-order chi connectivity index (χ0) is 14.5. The normalized spacial score (nSPS) is 10.2. The molecule has 0 saturated carbocycles. The molecule has 0 aromatic heterocycles. The first-order chi connectivity index (χ1) is 9.56. The van der Waals surface area contributed by atoms with Crippen molar-refractivity contribution in [3.8, 4) is 5.75 Å². The number of rotatable bonds is 4. The molecular weight excluding hydrogens is 281 g/mol. The Labute approximate surface area is 121 Å². The van der Waals surface area contributed by atoms with Crippen molar-refractivity contribution in [1.29, 1.82) is 0 Å². The number of ether oxygens (including phenoxy) is 1. The fourth-order valence-corrected chi connectivity index (χ4v) is 1.79. The van der Waals surface area contributed by atoms with Gasteiger partial charge in [0.1, 0.15) is 0 Å². The number of hydrogen-bond acceptors (Lipinski definition) is 2. The van der Waals surface area contributed by atoms with Crippen LogP contribution in [-0.2, 0) is 4.79 Å². The minimum atomic E-state index is -0.501. The van der Waals surface area contributed by atoms with Crippen LogP contribution in [0.25, 0.3) is 0 Å². The van der Waals surface area contributed by atoms with Crippen molar-refractivity contribution in [3.63, 3.8) is 0 Å². The molecule has 0 heterocycles. The molecule has 0 aliphatic rings. The minimum Gasteiger partial charge on any atom is -0.481 e. The molecule has 0 bridgehead atoms. The van der Waals surface area contributed by atoms with Gasteiger partial charge in [0.25, 0.3) is 5.91 Å². The predicted octanol–water partition coefficient (Wildman–Crippen LogP) is 3.81. The maximum atomic E-state index is 13.3. The van der Waals surface area contributed by atoms with Crippen LogP contribution in [0.1, 0.15) is 5.56 Å². The van der Waals surface area contributed by atoms with E-state index in [1.165, 1.54) is 12.1 Å². The average Bonchev–Trinajstić information content (AvgIpc) is 2.42. The number of amides is 1. The number of carbonyl (C=O) groups is 1. The van der Waals surface area contributed by atoms with Crippen LogP contribution in [0.4, 0.5) is 10.1 Å². The summed E-state index contributed by atoms with van der Waals surface area (Å²) in [4.78, 5) is 11.8. The summed E-state index contributed by atoms with van der Waals surface area (Å²) in [5, 5.41) is 3.20. The molecule has 5 heteroatoms. The number of halogens is 2. The third-order valence-corrected chi connectivity index (χ3v) is 2.90. The Bertz CT molecular complexity index is 631. The van der Waals surface area contributed by atoms with Crippen molar-refractivity contribution < 1.29 is 13.9 Å². The van der Waals surface area contributed by atoms with E-state index in [2.05, 4.69) is 5.32 Å².